The van der Waals surface area contributed by atoms with Crippen LogP contribution in [0.15, 0.2) is 0 Å². The highest BCUT2D eigenvalue weighted by Gasteiger charge is 2.47. The molecule has 0 aromatic heterocycles. The van der Waals surface area contributed by atoms with Crippen LogP contribution >= 0.6 is 0 Å². The van der Waals surface area contributed by atoms with Crippen LogP contribution < -0.4 is 0 Å². The largest absolute Gasteiger partial charge is 0.390 e. The Kier molecular flexibility index (Phi) is 2.01. The van der Waals surface area contributed by atoms with Crippen LogP contribution in [0, 0.1) is 5.92 Å². The van der Waals surface area contributed by atoms with Crippen molar-refractivity contribution in [2.45, 2.75) is 51.2 Å². The van der Waals surface area contributed by atoms with Crippen molar-refractivity contribution in [1.29, 1.82) is 0 Å². The first kappa shape index (κ1) is 9.01. The van der Waals surface area contributed by atoms with Crippen molar-refractivity contribution in [3.05, 3.63) is 0 Å². The Morgan fingerprint density at radius 2 is 2.00 bits per heavy atom. The topological polar surface area (TPSA) is 40.5 Å². The van der Waals surface area contributed by atoms with Crippen LogP contribution in [0.4, 0.5) is 0 Å². The molecule has 11 heavy (non-hydrogen) atoms. The second-order valence-electron chi connectivity index (χ2n) is 4.24. The van der Waals surface area contributed by atoms with Gasteiger partial charge < -0.3 is 10.2 Å². The lowest BCUT2D eigenvalue weighted by molar-refractivity contribution is -0.0163. The van der Waals surface area contributed by atoms with E-state index < -0.39 is 11.2 Å². The van der Waals surface area contributed by atoms with Crippen molar-refractivity contribution in [3.8, 4) is 0 Å². The fraction of sp³-hybridized carbons (Fsp3) is 1.00. The van der Waals surface area contributed by atoms with E-state index in [2.05, 4.69) is 0 Å². The van der Waals surface area contributed by atoms with Gasteiger partial charge in [0.25, 0.3) is 0 Å². The molecule has 1 aliphatic carbocycles. The Labute approximate surface area is 68.2 Å². The van der Waals surface area contributed by atoms with Crippen molar-refractivity contribution < 1.29 is 10.2 Å². The first-order valence-corrected chi connectivity index (χ1v) is 4.34. The van der Waals surface area contributed by atoms with E-state index in [1.54, 1.807) is 6.92 Å². The van der Waals surface area contributed by atoms with Gasteiger partial charge in [-0.05, 0) is 25.7 Å². The third-order valence-electron chi connectivity index (χ3n) is 2.96. The predicted octanol–water partition coefficient (Wildman–Crippen LogP) is 1.31. The van der Waals surface area contributed by atoms with Crippen molar-refractivity contribution in [2.75, 3.05) is 0 Å². The molecule has 0 heterocycles. The van der Waals surface area contributed by atoms with E-state index in [-0.39, 0.29) is 5.92 Å². The summed E-state index contributed by atoms with van der Waals surface area (Å²) < 4.78 is 0. The van der Waals surface area contributed by atoms with E-state index >= 15 is 0 Å². The second kappa shape index (κ2) is 2.46. The van der Waals surface area contributed by atoms with Gasteiger partial charge in [-0.3, -0.25) is 0 Å². The Hall–Kier alpha value is -0.0800. The summed E-state index contributed by atoms with van der Waals surface area (Å²) in [5.74, 6) is 0.225. The molecule has 66 valence electrons. The van der Waals surface area contributed by atoms with Gasteiger partial charge in [0.15, 0.2) is 0 Å². The predicted molar refractivity (Wildman–Crippen MR) is 44.3 cm³/mol. The average molecular weight is 158 g/mol. The van der Waals surface area contributed by atoms with Crippen molar-refractivity contribution >= 4 is 0 Å². The zero-order chi connectivity index (χ0) is 8.70. The monoisotopic (exact) mass is 158 g/mol. The van der Waals surface area contributed by atoms with Gasteiger partial charge >= 0.3 is 0 Å². The summed E-state index contributed by atoms with van der Waals surface area (Å²) in [4.78, 5) is 0. The minimum absolute atomic E-state index is 0.225. The smallest absolute Gasteiger partial charge is 0.0698 e. The number of aliphatic hydroxyl groups is 2. The molecule has 1 fully saturated rings. The van der Waals surface area contributed by atoms with Crippen molar-refractivity contribution in [3.63, 3.8) is 0 Å². The summed E-state index contributed by atoms with van der Waals surface area (Å²) in [5.41, 5.74) is -1.27. The molecule has 0 saturated heterocycles. The standard InChI is InChI=1S/C9H18O2/c1-4-9(11)6-8(3,10)5-7(9)2/h7,10-11H,4-6H2,1-3H3/t7-,8-,9-/m0/s1. The quantitative estimate of drug-likeness (QED) is 0.604. The third-order valence-corrected chi connectivity index (χ3v) is 2.96. The van der Waals surface area contributed by atoms with Crippen LogP contribution in [-0.4, -0.2) is 21.4 Å². The maximum atomic E-state index is 9.94. The van der Waals surface area contributed by atoms with Crippen LogP contribution in [0.5, 0.6) is 0 Å². The molecule has 2 heteroatoms. The Balaban J connectivity index is 2.73. The molecular weight excluding hydrogens is 140 g/mol. The van der Waals surface area contributed by atoms with Gasteiger partial charge in [-0.25, -0.2) is 0 Å². The van der Waals surface area contributed by atoms with Gasteiger partial charge in [0.05, 0.1) is 11.2 Å². The highest BCUT2D eigenvalue weighted by molar-refractivity contribution is 4.99. The van der Waals surface area contributed by atoms with Gasteiger partial charge in [0, 0.05) is 6.42 Å². The summed E-state index contributed by atoms with van der Waals surface area (Å²) in [6.07, 6.45) is 1.99. The zero-order valence-electron chi connectivity index (χ0n) is 7.59. The van der Waals surface area contributed by atoms with E-state index in [0.29, 0.717) is 6.42 Å². The molecule has 0 amide bonds. The van der Waals surface area contributed by atoms with E-state index in [4.69, 9.17) is 0 Å². The van der Waals surface area contributed by atoms with Crippen molar-refractivity contribution in [2.24, 2.45) is 5.92 Å². The first-order chi connectivity index (χ1) is 4.90. The molecule has 1 rings (SSSR count). The summed E-state index contributed by atoms with van der Waals surface area (Å²) >= 11 is 0. The van der Waals surface area contributed by atoms with Gasteiger partial charge in [-0.1, -0.05) is 13.8 Å². The van der Waals surface area contributed by atoms with Gasteiger partial charge in [-0.2, -0.15) is 0 Å². The lowest BCUT2D eigenvalue weighted by atomic mass is 9.90. The summed E-state index contributed by atoms with van der Waals surface area (Å²) in [5, 5.41) is 19.6. The van der Waals surface area contributed by atoms with E-state index in [0.717, 1.165) is 12.8 Å². The molecule has 0 aromatic rings. The summed E-state index contributed by atoms with van der Waals surface area (Å²) in [6, 6.07) is 0. The molecule has 2 N–H and O–H groups in total. The minimum Gasteiger partial charge on any atom is -0.390 e. The molecule has 1 saturated carbocycles. The minimum atomic E-state index is -0.649. The first-order valence-electron chi connectivity index (χ1n) is 4.34. The maximum absolute atomic E-state index is 9.94. The molecule has 0 bridgehead atoms. The molecule has 0 spiro atoms. The Morgan fingerprint density at radius 1 is 1.45 bits per heavy atom. The van der Waals surface area contributed by atoms with Gasteiger partial charge in [0.1, 0.15) is 0 Å². The number of rotatable bonds is 1. The SMILES string of the molecule is CC[C@]1(O)C[C@@](C)(O)C[C@@H]1C. The van der Waals surface area contributed by atoms with E-state index in [9.17, 15) is 10.2 Å². The van der Waals surface area contributed by atoms with Crippen LogP contribution in [0.1, 0.15) is 40.0 Å². The van der Waals surface area contributed by atoms with Gasteiger partial charge in [0.2, 0.25) is 0 Å². The van der Waals surface area contributed by atoms with Crippen LogP contribution in [0.2, 0.25) is 0 Å². The fourth-order valence-corrected chi connectivity index (χ4v) is 2.23. The van der Waals surface area contributed by atoms with E-state index in [1.165, 1.54) is 0 Å². The molecule has 0 radical (unpaired) electrons. The number of hydrogen-bond acceptors (Lipinski definition) is 2. The maximum Gasteiger partial charge on any atom is 0.0698 e. The average Bonchev–Trinajstić information content (AvgIpc) is 2.03. The van der Waals surface area contributed by atoms with Gasteiger partial charge in [-0.15, -0.1) is 0 Å². The molecule has 0 aromatic carbocycles. The molecule has 1 aliphatic rings. The molecular formula is C9H18O2. The van der Waals surface area contributed by atoms with Crippen LogP contribution in [0.25, 0.3) is 0 Å². The lowest BCUT2D eigenvalue weighted by Gasteiger charge is -2.26. The number of hydrogen-bond donors (Lipinski definition) is 2. The highest BCUT2D eigenvalue weighted by atomic mass is 16.3. The molecule has 3 atom stereocenters. The van der Waals surface area contributed by atoms with E-state index in [1.807, 2.05) is 13.8 Å². The van der Waals surface area contributed by atoms with Crippen LogP contribution in [-0.2, 0) is 0 Å². The second-order valence-corrected chi connectivity index (χ2v) is 4.24. The normalized spacial score (nSPS) is 51.5. The van der Waals surface area contributed by atoms with Crippen LogP contribution in [0.3, 0.4) is 0 Å². The molecule has 0 unspecified atom stereocenters. The Bertz CT molecular complexity index is 154. The molecule has 2 nitrogen and oxygen atoms in total. The lowest BCUT2D eigenvalue weighted by Crippen LogP contribution is -2.32. The third kappa shape index (κ3) is 1.57. The zero-order valence-corrected chi connectivity index (χ0v) is 7.59. The summed E-state index contributed by atoms with van der Waals surface area (Å²) in [6.45, 7) is 5.78. The highest BCUT2D eigenvalue weighted by Crippen LogP contribution is 2.43. The summed E-state index contributed by atoms with van der Waals surface area (Å²) in [7, 11) is 0. The Morgan fingerprint density at radius 3 is 2.18 bits per heavy atom. The fourth-order valence-electron chi connectivity index (χ4n) is 2.23. The molecule has 0 aliphatic heterocycles. The van der Waals surface area contributed by atoms with Crippen molar-refractivity contribution in [1.82, 2.24) is 0 Å².